The lowest BCUT2D eigenvalue weighted by atomic mass is 10.0. The highest BCUT2D eigenvalue weighted by Gasteiger charge is 2.30. The van der Waals surface area contributed by atoms with Crippen LogP contribution < -0.4 is 10.2 Å². The van der Waals surface area contributed by atoms with Gasteiger partial charge in [0, 0.05) is 5.56 Å². The van der Waals surface area contributed by atoms with Crippen LogP contribution in [0.3, 0.4) is 0 Å². The first kappa shape index (κ1) is 25.7. The molecule has 0 saturated heterocycles. The Bertz CT molecular complexity index is 1720. The number of carbonyl (C=O) groups is 2. The minimum absolute atomic E-state index is 0.201. The molecule has 0 aliphatic rings. The number of fused-ring (bicyclic) bond motifs is 2. The molecule has 0 spiro atoms. The van der Waals surface area contributed by atoms with Gasteiger partial charge in [-0.15, -0.1) is 0 Å². The second kappa shape index (κ2) is 10.8. The molecular formula is C31H21F3N2O3. The molecule has 39 heavy (non-hydrogen) atoms. The molecule has 194 valence electrons. The van der Waals surface area contributed by atoms with Crippen LogP contribution in [0.4, 0.5) is 13.2 Å². The topological polar surface area (TPSA) is 67.8 Å². The maximum atomic E-state index is 13.2. The van der Waals surface area contributed by atoms with E-state index in [1.807, 2.05) is 60.7 Å². The van der Waals surface area contributed by atoms with Gasteiger partial charge in [0.2, 0.25) is 5.91 Å². The second-order valence-corrected chi connectivity index (χ2v) is 8.78. The van der Waals surface area contributed by atoms with Crippen molar-refractivity contribution in [3.63, 3.8) is 0 Å². The number of ether oxygens (including phenoxy) is 1. The number of benzene rings is 5. The molecule has 0 fully saturated rings. The number of amides is 1. The lowest BCUT2D eigenvalue weighted by molar-refractivity contribution is -0.137. The normalized spacial score (nSPS) is 11.7. The van der Waals surface area contributed by atoms with E-state index >= 15 is 0 Å². The van der Waals surface area contributed by atoms with E-state index in [1.165, 1.54) is 18.3 Å². The maximum absolute atomic E-state index is 13.2. The van der Waals surface area contributed by atoms with Crippen molar-refractivity contribution in [1.29, 1.82) is 0 Å². The first-order valence-electron chi connectivity index (χ1n) is 12.0. The SMILES string of the molecule is O=C(Cc1cccc(C(F)(F)F)c1)N/N=C/c1c(OC(=O)c2cccc3ccccc23)ccc2ccccc12. The molecule has 0 heterocycles. The highest BCUT2D eigenvalue weighted by Crippen LogP contribution is 2.30. The molecule has 5 rings (SSSR count). The third kappa shape index (κ3) is 5.80. The van der Waals surface area contributed by atoms with Gasteiger partial charge in [0.15, 0.2) is 0 Å². The van der Waals surface area contributed by atoms with Crippen LogP contribution >= 0.6 is 0 Å². The van der Waals surface area contributed by atoms with Gasteiger partial charge in [-0.25, -0.2) is 10.2 Å². The highest BCUT2D eigenvalue weighted by atomic mass is 19.4. The van der Waals surface area contributed by atoms with Gasteiger partial charge in [-0.3, -0.25) is 4.79 Å². The molecule has 0 aromatic heterocycles. The van der Waals surface area contributed by atoms with Gasteiger partial charge in [0.05, 0.1) is 23.8 Å². The summed E-state index contributed by atoms with van der Waals surface area (Å²) in [4.78, 5) is 25.6. The minimum atomic E-state index is -4.50. The lowest BCUT2D eigenvalue weighted by Gasteiger charge is -2.12. The van der Waals surface area contributed by atoms with E-state index in [-0.39, 0.29) is 17.7 Å². The number of esters is 1. The van der Waals surface area contributed by atoms with Gasteiger partial charge < -0.3 is 4.74 Å². The Balaban J connectivity index is 1.39. The van der Waals surface area contributed by atoms with Crippen molar-refractivity contribution in [3.05, 3.63) is 125 Å². The summed E-state index contributed by atoms with van der Waals surface area (Å²) in [6, 6.07) is 28.3. The van der Waals surface area contributed by atoms with E-state index in [9.17, 15) is 22.8 Å². The molecule has 5 nitrogen and oxygen atoms in total. The molecule has 0 aliphatic carbocycles. The van der Waals surface area contributed by atoms with E-state index < -0.39 is 23.6 Å². The van der Waals surface area contributed by atoms with Crippen molar-refractivity contribution in [2.24, 2.45) is 5.10 Å². The van der Waals surface area contributed by atoms with E-state index in [0.717, 1.165) is 33.7 Å². The summed E-state index contributed by atoms with van der Waals surface area (Å²) < 4.78 is 44.7. The number of rotatable bonds is 6. The molecule has 0 unspecified atom stereocenters. The number of hydrogen-bond acceptors (Lipinski definition) is 4. The smallest absolute Gasteiger partial charge is 0.416 e. The Hall–Kier alpha value is -4.98. The Morgan fingerprint density at radius 3 is 2.23 bits per heavy atom. The Morgan fingerprint density at radius 1 is 0.795 bits per heavy atom. The van der Waals surface area contributed by atoms with E-state index in [1.54, 1.807) is 18.2 Å². The number of alkyl halides is 3. The van der Waals surface area contributed by atoms with E-state index in [0.29, 0.717) is 11.1 Å². The summed E-state index contributed by atoms with van der Waals surface area (Å²) in [5, 5.41) is 7.26. The Labute approximate surface area is 221 Å². The molecule has 0 radical (unpaired) electrons. The number of hydrazone groups is 1. The monoisotopic (exact) mass is 526 g/mol. The van der Waals surface area contributed by atoms with Gasteiger partial charge in [-0.05, 0) is 45.3 Å². The first-order chi connectivity index (χ1) is 18.8. The fraction of sp³-hybridized carbons (Fsp3) is 0.0645. The van der Waals surface area contributed by atoms with Crippen molar-refractivity contribution in [2.75, 3.05) is 0 Å². The number of hydrogen-bond donors (Lipinski definition) is 1. The number of nitrogens with one attached hydrogen (secondary N) is 1. The summed E-state index contributed by atoms with van der Waals surface area (Å²) in [5.74, 6) is -0.909. The van der Waals surface area contributed by atoms with E-state index in [4.69, 9.17) is 4.74 Å². The predicted molar refractivity (Wildman–Crippen MR) is 144 cm³/mol. The zero-order chi connectivity index (χ0) is 27.4. The van der Waals surface area contributed by atoms with Gasteiger partial charge in [0.25, 0.3) is 0 Å². The van der Waals surface area contributed by atoms with Crippen molar-refractivity contribution in [1.82, 2.24) is 5.43 Å². The second-order valence-electron chi connectivity index (χ2n) is 8.78. The van der Waals surface area contributed by atoms with Crippen molar-refractivity contribution >= 4 is 39.6 Å². The van der Waals surface area contributed by atoms with Crippen LogP contribution in [0.1, 0.15) is 27.0 Å². The number of carbonyl (C=O) groups excluding carboxylic acids is 2. The van der Waals surface area contributed by atoms with Crippen LogP contribution in [-0.4, -0.2) is 18.1 Å². The van der Waals surface area contributed by atoms with Gasteiger partial charge in [-0.2, -0.15) is 18.3 Å². The van der Waals surface area contributed by atoms with Crippen molar-refractivity contribution in [3.8, 4) is 5.75 Å². The van der Waals surface area contributed by atoms with Gasteiger partial charge in [-0.1, -0.05) is 84.9 Å². The Morgan fingerprint density at radius 2 is 1.46 bits per heavy atom. The molecule has 1 amide bonds. The van der Waals surface area contributed by atoms with Crippen LogP contribution in [0, 0.1) is 0 Å². The highest BCUT2D eigenvalue weighted by molar-refractivity contribution is 6.07. The summed E-state index contributed by atoms with van der Waals surface area (Å²) >= 11 is 0. The third-order valence-corrected chi connectivity index (χ3v) is 6.14. The fourth-order valence-electron chi connectivity index (χ4n) is 4.31. The molecular weight excluding hydrogens is 505 g/mol. The van der Waals surface area contributed by atoms with Crippen LogP contribution in [0.2, 0.25) is 0 Å². The summed E-state index contributed by atoms with van der Waals surface area (Å²) in [6.45, 7) is 0. The van der Waals surface area contributed by atoms with Crippen LogP contribution in [0.5, 0.6) is 5.75 Å². The summed E-state index contributed by atoms with van der Waals surface area (Å²) in [6.07, 6.45) is -3.43. The fourth-order valence-corrected chi connectivity index (χ4v) is 4.31. The molecule has 1 N–H and O–H groups in total. The maximum Gasteiger partial charge on any atom is 0.416 e. The van der Waals surface area contributed by atoms with Crippen LogP contribution in [0.25, 0.3) is 21.5 Å². The van der Waals surface area contributed by atoms with Crippen molar-refractivity contribution in [2.45, 2.75) is 12.6 Å². The molecule has 0 aliphatic heterocycles. The zero-order valence-electron chi connectivity index (χ0n) is 20.4. The van der Waals surface area contributed by atoms with Gasteiger partial charge >= 0.3 is 12.1 Å². The quantitative estimate of drug-likeness (QED) is 0.113. The Kier molecular flexibility index (Phi) is 7.10. The number of halogens is 3. The molecule has 0 atom stereocenters. The standard InChI is InChI=1S/C31H21F3N2O3/c32-31(33,34)23-11-5-7-20(17-23)18-29(37)36-35-19-27-25-13-4-2-9-22(25)15-16-28(27)39-30(38)26-14-6-10-21-8-1-3-12-24(21)26/h1-17,19H,18H2,(H,36,37)/b35-19+. The van der Waals surface area contributed by atoms with Gasteiger partial charge in [0.1, 0.15) is 5.75 Å². The number of nitrogens with zero attached hydrogens (tertiary/aromatic N) is 1. The zero-order valence-corrected chi connectivity index (χ0v) is 20.4. The largest absolute Gasteiger partial charge is 0.422 e. The molecule has 0 bridgehead atoms. The summed E-state index contributed by atoms with van der Waals surface area (Å²) in [7, 11) is 0. The first-order valence-corrected chi connectivity index (χ1v) is 12.0. The third-order valence-electron chi connectivity index (χ3n) is 6.14. The summed E-state index contributed by atoms with van der Waals surface area (Å²) in [5.41, 5.74) is 2.58. The van der Waals surface area contributed by atoms with Crippen LogP contribution in [0.15, 0.2) is 108 Å². The van der Waals surface area contributed by atoms with E-state index in [2.05, 4.69) is 10.5 Å². The minimum Gasteiger partial charge on any atom is -0.422 e. The molecule has 5 aromatic carbocycles. The molecule has 5 aromatic rings. The van der Waals surface area contributed by atoms with Crippen molar-refractivity contribution < 1.29 is 27.5 Å². The van der Waals surface area contributed by atoms with Crippen LogP contribution in [-0.2, 0) is 17.4 Å². The average molecular weight is 527 g/mol. The lowest BCUT2D eigenvalue weighted by Crippen LogP contribution is -2.20. The average Bonchev–Trinajstić information content (AvgIpc) is 2.93. The predicted octanol–water partition coefficient (Wildman–Crippen LogP) is 6.92. The molecule has 0 saturated carbocycles. The molecule has 8 heteroatoms.